The number of rotatable bonds is 5. The highest BCUT2D eigenvalue weighted by Crippen LogP contribution is 2.03. The summed E-state index contributed by atoms with van der Waals surface area (Å²) in [6, 6.07) is 1.28. The monoisotopic (exact) mass is 293 g/mol. The molecule has 8 heteroatoms. The summed E-state index contributed by atoms with van der Waals surface area (Å²) in [5.74, 6) is -0.754. The second kappa shape index (κ2) is 5.94. The molecule has 1 aliphatic rings. The molecular weight excluding hydrogens is 274 g/mol. The Morgan fingerprint density at radius 3 is 2.71 bits per heavy atom. The van der Waals surface area contributed by atoms with Gasteiger partial charge in [0.2, 0.25) is 5.91 Å². The van der Waals surface area contributed by atoms with E-state index in [2.05, 4.69) is 15.7 Å². The van der Waals surface area contributed by atoms with E-state index in [1.807, 2.05) is 31.5 Å². The summed E-state index contributed by atoms with van der Waals surface area (Å²) < 4.78 is 1.81. The Hall–Kier alpha value is -2.38. The quantitative estimate of drug-likeness (QED) is 0.719. The third kappa shape index (κ3) is 3.59. The van der Waals surface area contributed by atoms with Crippen LogP contribution in [0.1, 0.15) is 18.3 Å². The second-order valence-corrected chi connectivity index (χ2v) is 5.22. The van der Waals surface area contributed by atoms with Crippen LogP contribution in [0.25, 0.3) is 0 Å². The Bertz CT molecular complexity index is 564. The van der Waals surface area contributed by atoms with Crippen LogP contribution in [0.3, 0.4) is 0 Å². The molecule has 1 saturated heterocycles. The molecule has 0 spiro atoms. The van der Waals surface area contributed by atoms with Crippen molar-refractivity contribution in [2.24, 2.45) is 0 Å². The van der Waals surface area contributed by atoms with Crippen molar-refractivity contribution in [1.29, 1.82) is 0 Å². The third-order valence-corrected chi connectivity index (χ3v) is 3.20. The van der Waals surface area contributed by atoms with Crippen molar-refractivity contribution in [3.8, 4) is 0 Å². The van der Waals surface area contributed by atoms with Crippen molar-refractivity contribution < 1.29 is 14.4 Å². The number of urea groups is 1. The Balaban J connectivity index is 1.86. The number of carbonyl (C=O) groups is 3. The molecule has 1 aromatic heterocycles. The SMILES string of the molecule is Cc1cc(C)n(CC(C)NC(=O)CN2C(=O)CNC2=O)n1. The average molecular weight is 293 g/mol. The van der Waals surface area contributed by atoms with Crippen LogP contribution >= 0.6 is 0 Å². The summed E-state index contributed by atoms with van der Waals surface area (Å²) in [6.45, 7) is 5.93. The van der Waals surface area contributed by atoms with E-state index in [0.717, 1.165) is 16.3 Å². The summed E-state index contributed by atoms with van der Waals surface area (Å²) >= 11 is 0. The molecule has 114 valence electrons. The number of nitrogens with one attached hydrogen (secondary N) is 2. The molecule has 1 aromatic rings. The van der Waals surface area contributed by atoms with Gasteiger partial charge in [0.1, 0.15) is 6.54 Å². The van der Waals surface area contributed by atoms with Gasteiger partial charge in [-0.05, 0) is 26.8 Å². The minimum absolute atomic E-state index is 0.0482. The first kappa shape index (κ1) is 15.0. The van der Waals surface area contributed by atoms with Crippen molar-refractivity contribution in [2.75, 3.05) is 13.1 Å². The molecule has 0 bridgehead atoms. The molecule has 8 nitrogen and oxygen atoms in total. The van der Waals surface area contributed by atoms with Gasteiger partial charge in [0, 0.05) is 11.7 Å². The van der Waals surface area contributed by atoms with Crippen LogP contribution in [0.4, 0.5) is 4.79 Å². The fraction of sp³-hybridized carbons (Fsp3) is 0.538. The largest absolute Gasteiger partial charge is 0.350 e. The van der Waals surface area contributed by atoms with Crippen LogP contribution in [0.15, 0.2) is 6.07 Å². The molecule has 0 aromatic carbocycles. The molecule has 2 rings (SSSR count). The third-order valence-electron chi connectivity index (χ3n) is 3.20. The molecule has 2 N–H and O–H groups in total. The number of carbonyl (C=O) groups excluding carboxylic acids is 3. The maximum Gasteiger partial charge on any atom is 0.325 e. The van der Waals surface area contributed by atoms with E-state index in [0.29, 0.717) is 6.54 Å². The summed E-state index contributed by atoms with van der Waals surface area (Å²) in [5.41, 5.74) is 1.94. The van der Waals surface area contributed by atoms with Gasteiger partial charge in [-0.25, -0.2) is 4.79 Å². The Morgan fingerprint density at radius 2 is 2.19 bits per heavy atom. The minimum atomic E-state index is -0.527. The standard InChI is InChI=1S/C13H19N5O3/c1-8-4-10(3)18(16-8)6-9(2)15-11(19)7-17-12(20)5-14-13(17)21/h4,9H,5-7H2,1-3H3,(H,14,21)(H,15,19). The number of hydrogen-bond acceptors (Lipinski definition) is 4. The lowest BCUT2D eigenvalue weighted by Crippen LogP contribution is -2.44. The predicted molar refractivity (Wildman–Crippen MR) is 74.4 cm³/mol. The smallest absolute Gasteiger partial charge is 0.325 e. The van der Waals surface area contributed by atoms with Crippen LogP contribution in [-0.4, -0.2) is 51.7 Å². The molecule has 4 amide bonds. The highest BCUT2D eigenvalue weighted by atomic mass is 16.2. The zero-order valence-electron chi connectivity index (χ0n) is 12.3. The van der Waals surface area contributed by atoms with Gasteiger partial charge in [-0.15, -0.1) is 0 Å². The van der Waals surface area contributed by atoms with Gasteiger partial charge in [-0.1, -0.05) is 0 Å². The summed E-state index contributed by atoms with van der Waals surface area (Å²) in [5, 5.41) is 9.45. The highest BCUT2D eigenvalue weighted by Gasteiger charge is 2.30. The zero-order valence-corrected chi connectivity index (χ0v) is 12.3. The van der Waals surface area contributed by atoms with Crippen molar-refractivity contribution in [3.05, 3.63) is 17.5 Å². The van der Waals surface area contributed by atoms with Gasteiger partial charge in [0.05, 0.1) is 18.8 Å². The fourth-order valence-electron chi connectivity index (χ4n) is 2.24. The van der Waals surface area contributed by atoms with E-state index in [4.69, 9.17) is 0 Å². The number of hydrogen-bond donors (Lipinski definition) is 2. The maximum atomic E-state index is 11.9. The molecular formula is C13H19N5O3. The number of aromatic nitrogens is 2. The fourth-order valence-corrected chi connectivity index (χ4v) is 2.24. The first-order valence-corrected chi connectivity index (χ1v) is 6.75. The minimum Gasteiger partial charge on any atom is -0.350 e. The Morgan fingerprint density at radius 1 is 1.48 bits per heavy atom. The zero-order chi connectivity index (χ0) is 15.6. The van der Waals surface area contributed by atoms with E-state index >= 15 is 0 Å². The Labute approximate surface area is 122 Å². The molecule has 1 fully saturated rings. The van der Waals surface area contributed by atoms with Crippen molar-refractivity contribution >= 4 is 17.8 Å². The van der Waals surface area contributed by atoms with Gasteiger partial charge in [0.15, 0.2) is 0 Å². The molecule has 2 heterocycles. The van der Waals surface area contributed by atoms with Gasteiger partial charge in [0.25, 0.3) is 5.91 Å². The average Bonchev–Trinajstić information content (AvgIpc) is 2.85. The maximum absolute atomic E-state index is 11.9. The predicted octanol–water partition coefficient (Wildman–Crippen LogP) is -0.444. The van der Waals surface area contributed by atoms with E-state index in [1.54, 1.807) is 0 Å². The number of imide groups is 1. The van der Waals surface area contributed by atoms with Crippen LogP contribution in [0.5, 0.6) is 0 Å². The van der Waals surface area contributed by atoms with Crippen LogP contribution in [-0.2, 0) is 16.1 Å². The molecule has 0 saturated carbocycles. The number of aryl methyl sites for hydroxylation is 2. The lowest BCUT2D eigenvalue weighted by Gasteiger charge is -2.17. The van der Waals surface area contributed by atoms with Crippen molar-refractivity contribution in [3.63, 3.8) is 0 Å². The van der Waals surface area contributed by atoms with Crippen molar-refractivity contribution in [1.82, 2.24) is 25.3 Å². The number of nitrogens with zero attached hydrogens (tertiary/aromatic N) is 3. The van der Waals surface area contributed by atoms with E-state index in [-0.39, 0.29) is 30.9 Å². The summed E-state index contributed by atoms with van der Waals surface area (Å²) in [7, 11) is 0. The van der Waals surface area contributed by atoms with Gasteiger partial charge < -0.3 is 10.6 Å². The molecule has 1 atom stereocenters. The first-order valence-electron chi connectivity index (χ1n) is 6.75. The van der Waals surface area contributed by atoms with E-state index < -0.39 is 6.03 Å². The molecule has 1 unspecified atom stereocenters. The topological polar surface area (TPSA) is 96.3 Å². The molecule has 0 radical (unpaired) electrons. The number of amides is 4. The van der Waals surface area contributed by atoms with E-state index in [9.17, 15) is 14.4 Å². The van der Waals surface area contributed by atoms with E-state index in [1.165, 1.54) is 0 Å². The lowest BCUT2D eigenvalue weighted by molar-refractivity contribution is -0.130. The normalized spacial score (nSPS) is 16.0. The van der Waals surface area contributed by atoms with Gasteiger partial charge in [-0.3, -0.25) is 19.2 Å². The van der Waals surface area contributed by atoms with Crippen LogP contribution in [0.2, 0.25) is 0 Å². The second-order valence-electron chi connectivity index (χ2n) is 5.22. The highest BCUT2D eigenvalue weighted by molar-refractivity contribution is 6.04. The van der Waals surface area contributed by atoms with Crippen LogP contribution < -0.4 is 10.6 Å². The first-order chi connectivity index (χ1) is 9.86. The lowest BCUT2D eigenvalue weighted by atomic mass is 10.3. The van der Waals surface area contributed by atoms with Gasteiger partial charge >= 0.3 is 6.03 Å². The van der Waals surface area contributed by atoms with Crippen LogP contribution in [0, 0.1) is 13.8 Å². The summed E-state index contributed by atoms with van der Waals surface area (Å²) in [6.07, 6.45) is 0. The van der Waals surface area contributed by atoms with Crippen molar-refractivity contribution in [2.45, 2.75) is 33.4 Å². The Kier molecular flexibility index (Phi) is 4.25. The summed E-state index contributed by atoms with van der Waals surface area (Å²) in [4.78, 5) is 35.5. The molecule has 21 heavy (non-hydrogen) atoms. The van der Waals surface area contributed by atoms with Gasteiger partial charge in [-0.2, -0.15) is 5.10 Å². The molecule has 0 aliphatic carbocycles. The molecule has 1 aliphatic heterocycles.